The van der Waals surface area contributed by atoms with E-state index in [1.165, 1.54) is 5.56 Å². The van der Waals surface area contributed by atoms with E-state index in [0.717, 1.165) is 43.0 Å². The highest BCUT2D eigenvalue weighted by Gasteiger charge is 2.20. The van der Waals surface area contributed by atoms with Crippen LogP contribution in [0.2, 0.25) is 0 Å². The lowest BCUT2D eigenvalue weighted by atomic mass is 10.2. The number of pyridine rings is 1. The van der Waals surface area contributed by atoms with E-state index >= 15 is 0 Å². The molecule has 0 radical (unpaired) electrons. The van der Waals surface area contributed by atoms with E-state index in [4.69, 9.17) is 9.47 Å². The lowest BCUT2D eigenvalue weighted by Crippen LogP contribution is -2.34. The van der Waals surface area contributed by atoms with Gasteiger partial charge in [0.2, 0.25) is 0 Å². The third-order valence-corrected chi connectivity index (χ3v) is 4.43. The molecule has 1 unspecified atom stereocenters. The molecule has 1 saturated heterocycles. The Morgan fingerprint density at radius 1 is 1.22 bits per heavy atom. The molecule has 1 aromatic carbocycles. The molecule has 4 nitrogen and oxygen atoms in total. The van der Waals surface area contributed by atoms with Crippen LogP contribution in [-0.4, -0.2) is 42.3 Å². The van der Waals surface area contributed by atoms with Crippen molar-refractivity contribution >= 4 is 15.9 Å². The van der Waals surface area contributed by atoms with E-state index in [1.54, 1.807) is 6.20 Å². The summed E-state index contributed by atoms with van der Waals surface area (Å²) in [5.41, 5.74) is 1.34. The van der Waals surface area contributed by atoms with E-state index in [-0.39, 0.29) is 6.10 Å². The van der Waals surface area contributed by atoms with E-state index < -0.39 is 0 Å². The van der Waals surface area contributed by atoms with Gasteiger partial charge in [0, 0.05) is 32.4 Å². The highest BCUT2D eigenvalue weighted by Crippen LogP contribution is 2.21. The maximum Gasteiger partial charge on any atom is 0.152 e. The molecule has 1 aliphatic heterocycles. The smallest absolute Gasteiger partial charge is 0.152 e. The summed E-state index contributed by atoms with van der Waals surface area (Å²) in [5, 5.41) is 0. The molecule has 5 heteroatoms. The van der Waals surface area contributed by atoms with Gasteiger partial charge in [-0.05, 0) is 40.0 Å². The van der Waals surface area contributed by atoms with Crippen LogP contribution in [0.5, 0.6) is 5.75 Å². The maximum absolute atomic E-state index is 5.93. The number of nitrogens with zero attached hydrogens (tertiary/aromatic N) is 2. The fourth-order valence-electron chi connectivity index (χ4n) is 2.72. The first-order valence-corrected chi connectivity index (χ1v) is 8.72. The minimum atomic E-state index is 0.0771. The van der Waals surface area contributed by atoms with Crippen molar-refractivity contribution in [3.8, 4) is 5.75 Å². The molecule has 2 aromatic rings. The van der Waals surface area contributed by atoms with Crippen molar-refractivity contribution in [1.82, 2.24) is 9.88 Å². The molecule has 122 valence electrons. The molecule has 3 rings (SSSR count). The zero-order chi connectivity index (χ0) is 15.9. The van der Waals surface area contributed by atoms with E-state index in [0.29, 0.717) is 6.61 Å². The van der Waals surface area contributed by atoms with Gasteiger partial charge in [-0.3, -0.25) is 4.90 Å². The predicted octanol–water partition coefficient (Wildman–Crippen LogP) is 3.51. The second-order valence-corrected chi connectivity index (χ2v) is 6.42. The summed E-state index contributed by atoms with van der Waals surface area (Å²) >= 11 is 3.41. The summed E-state index contributed by atoms with van der Waals surface area (Å²) in [5.74, 6) is 0.759. The van der Waals surface area contributed by atoms with Crippen molar-refractivity contribution in [3.63, 3.8) is 0 Å². The molecule has 0 N–H and O–H groups in total. The number of ether oxygens (including phenoxy) is 2. The Hall–Kier alpha value is -1.43. The summed E-state index contributed by atoms with van der Waals surface area (Å²) in [6.45, 7) is 4.22. The van der Waals surface area contributed by atoms with Gasteiger partial charge in [-0.25, -0.2) is 4.98 Å². The molecule has 0 bridgehead atoms. The van der Waals surface area contributed by atoms with Gasteiger partial charge >= 0.3 is 0 Å². The van der Waals surface area contributed by atoms with Gasteiger partial charge in [0.25, 0.3) is 0 Å². The number of hydrogen-bond donors (Lipinski definition) is 0. The van der Waals surface area contributed by atoms with Crippen molar-refractivity contribution in [1.29, 1.82) is 0 Å². The SMILES string of the molecule is Brc1ncccc1OCC1CN(Cc2ccccc2)CCCO1. The van der Waals surface area contributed by atoms with E-state index in [2.05, 4.69) is 56.1 Å². The average molecular weight is 377 g/mol. The first-order chi connectivity index (χ1) is 11.3. The number of halogens is 1. The van der Waals surface area contributed by atoms with Gasteiger partial charge in [0.15, 0.2) is 5.75 Å². The molecule has 23 heavy (non-hydrogen) atoms. The van der Waals surface area contributed by atoms with Crippen molar-refractivity contribution in [3.05, 3.63) is 58.8 Å². The van der Waals surface area contributed by atoms with Gasteiger partial charge in [0.05, 0.1) is 0 Å². The fourth-order valence-corrected chi connectivity index (χ4v) is 3.08. The number of rotatable bonds is 5. The largest absolute Gasteiger partial charge is 0.488 e. The van der Waals surface area contributed by atoms with Gasteiger partial charge in [-0.1, -0.05) is 30.3 Å². The lowest BCUT2D eigenvalue weighted by Gasteiger charge is -2.24. The highest BCUT2D eigenvalue weighted by atomic mass is 79.9. The Balaban J connectivity index is 1.56. The lowest BCUT2D eigenvalue weighted by molar-refractivity contribution is 0.0198. The normalized spacial score (nSPS) is 19.3. The van der Waals surface area contributed by atoms with Crippen LogP contribution >= 0.6 is 15.9 Å². The summed E-state index contributed by atoms with van der Waals surface area (Å²) in [6.07, 6.45) is 2.87. The second kappa shape index (κ2) is 8.43. The Morgan fingerprint density at radius 2 is 2.09 bits per heavy atom. The maximum atomic E-state index is 5.93. The molecule has 0 saturated carbocycles. The molecule has 0 amide bonds. The molecular formula is C18H21BrN2O2. The predicted molar refractivity (Wildman–Crippen MR) is 93.5 cm³/mol. The van der Waals surface area contributed by atoms with Crippen molar-refractivity contribution in [2.45, 2.75) is 19.1 Å². The topological polar surface area (TPSA) is 34.6 Å². The zero-order valence-electron chi connectivity index (χ0n) is 13.0. The Labute approximate surface area is 145 Å². The first kappa shape index (κ1) is 16.4. The monoisotopic (exact) mass is 376 g/mol. The molecule has 1 atom stereocenters. The summed E-state index contributed by atoms with van der Waals surface area (Å²) in [7, 11) is 0. The minimum Gasteiger partial charge on any atom is -0.488 e. The number of benzene rings is 1. The van der Waals surface area contributed by atoms with E-state index in [1.807, 2.05) is 12.1 Å². The van der Waals surface area contributed by atoms with Crippen LogP contribution < -0.4 is 4.74 Å². The molecule has 1 aromatic heterocycles. The summed E-state index contributed by atoms with van der Waals surface area (Å²) < 4.78 is 12.5. The standard InChI is InChI=1S/C18H21BrN2O2/c19-18-17(8-4-9-20-18)23-14-16-13-21(10-5-11-22-16)12-15-6-2-1-3-7-15/h1-4,6-9,16H,5,10-14H2. The fraction of sp³-hybridized carbons (Fsp3) is 0.389. The molecule has 0 spiro atoms. The van der Waals surface area contributed by atoms with Gasteiger partial charge in [0.1, 0.15) is 17.3 Å². The van der Waals surface area contributed by atoms with Crippen LogP contribution in [0.15, 0.2) is 53.3 Å². The first-order valence-electron chi connectivity index (χ1n) is 7.92. The van der Waals surface area contributed by atoms with Gasteiger partial charge in [-0.15, -0.1) is 0 Å². The minimum absolute atomic E-state index is 0.0771. The van der Waals surface area contributed by atoms with Crippen LogP contribution in [0.1, 0.15) is 12.0 Å². The van der Waals surface area contributed by atoms with Crippen LogP contribution in [0.4, 0.5) is 0 Å². The third-order valence-electron chi connectivity index (χ3n) is 3.83. The molecule has 1 aliphatic rings. The van der Waals surface area contributed by atoms with Crippen LogP contribution in [0, 0.1) is 0 Å². The number of hydrogen-bond acceptors (Lipinski definition) is 4. The summed E-state index contributed by atoms with van der Waals surface area (Å²) in [6, 6.07) is 14.4. The Morgan fingerprint density at radius 3 is 2.91 bits per heavy atom. The highest BCUT2D eigenvalue weighted by molar-refractivity contribution is 9.10. The van der Waals surface area contributed by atoms with Gasteiger partial charge < -0.3 is 9.47 Å². The molecule has 1 fully saturated rings. The van der Waals surface area contributed by atoms with Crippen LogP contribution in [-0.2, 0) is 11.3 Å². The molecule has 2 heterocycles. The van der Waals surface area contributed by atoms with Crippen molar-refractivity contribution < 1.29 is 9.47 Å². The molecular weight excluding hydrogens is 356 g/mol. The van der Waals surface area contributed by atoms with Crippen molar-refractivity contribution in [2.75, 3.05) is 26.3 Å². The van der Waals surface area contributed by atoms with E-state index in [9.17, 15) is 0 Å². The second-order valence-electron chi connectivity index (χ2n) is 5.67. The quantitative estimate of drug-likeness (QED) is 0.747. The number of aromatic nitrogens is 1. The zero-order valence-corrected chi connectivity index (χ0v) is 14.6. The third kappa shape index (κ3) is 5.03. The Bertz CT molecular complexity index is 609. The van der Waals surface area contributed by atoms with Crippen molar-refractivity contribution in [2.24, 2.45) is 0 Å². The van der Waals surface area contributed by atoms with Gasteiger partial charge in [-0.2, -0.15) is 0 Å². The molecule has 0 aliphatic carbocycles. The average Bonchev–Trinajstić information content (AvgIpc) is 2.80. The van der Waals surface area contributed by atoms with Crippen LogP contribution in [0.3, 0.4) is 0 Å². The van der Waals surface area contributed by atoms with Crippen LogP contribution in [0.25, 0.3) is 0 Å². The Kier molecular flexibility index (Phi) is 6.02. The summed E-state index contributed by atoms with van der Waals surface area (Å²) in [4.78, 5) is 6.61.